The van der Waals surface area contributed by atoms with Gasteiger partial charge in [0.25, 0.3) is 5.91 Å². The van der Waals surface area contributed by atoms with E-state index < -0.39 is 0 Å². The van der Waals surface area contributed by atoms with E-state index in [0.717, 1.165) is 27.7 Å². The van der Waals surface area contributed by atoms with Gasteiger partial charge >= 0.3 is 0 Å². The predicted octanol–water partition coefficient (Wildman–Crippen LogP) is 4.85. The second-order valence-electron chi connectivity index (χ2n) is 6.32. The van der Waals surface area contributed by atoms with Gasteiger partial charge in [-0.25, -0.2) is 4.98 Å². The zero-order valence-corrected chi connectivity index (χ0v) is 15.7. The first kappa shape index (κ1) is 17.2. The van der Waals surface area contributed by atoms with Gasteiger partial charge < -0.3 is 5.32 Å². The first-order valence-electron chi connectivity index (χ1n) is 8.49. The summed E-state index contributed by atoms with van der Waals surface area (Å²) in [7, 11) is 1.78. The summed E-state index contributed by atoms with van der Waals surface area (Å²) in [6, 6.07) is 19.1. The van der Waals surface area contributed by atoms with Gasteiger partial charge in [-0.15, -0.1) is 0 Å². The summed E-state index contributed by atoms with van der Waals surface area (Å²) in [6.45, 7) is 2.03. The third-order valence-corrected chi connectivity index (χ3v) is 4.72. The topological polar surface area (TPSA) is 59.8 Å². The summed E-state index contributed by atoms with van der Waals surface area (Å²) in [4.78, 5) is 17.2. The molecule has 1 N–H and O–H groups in total. The van der Waals surface area contributed by atoms with E-state index in [1.165, 1.54) is 0 Å². The molecule has 0 radical (unpaired) electrons. The van der Waals surface area contributed by atoms with Crippen LogP contribution >= 0.6 is 11.6 Å². The van der Waals surface area contributed by atoms with Crippen LogP contribution in [0.1, 0.15) is 16.1 Å². The lowest BCUT2D eigenvalue weighted by atomic mass is 10.1. The number of aromatic nitrogens is 3. The molecule has 0 fully saturated rings. The van der Waals surface area contributed by atoms with Crippen molar-refractivity contribution in [2.45, 2.75) is 6.92 Å². The van der Waals surface area contributed by atoms with Gasteiger partial charge in [-0.1, -0.05) is 54.1 Å². The van der Waals surface area contributed by atoms with Crippen molar-refractivity contribution in [1.82, 2.24) is 14.8 Å². The van der Waals surface area contributed by atoms with Gasteiger partial charge in [-0.2, -0.15) is 5.10 Å². The third kappa shape index (κ3) is 3.29. The van der Waals surface area contributed by atoms with Crippen LogP contribution < -0.4 is 5.32 Å². The molecule has 2 heterocycles. The van der Waals surface area contributed by atoms with E-state index in [2.05, 4.69) is 15.4 Å². The van der Waals surface area contributed by atoms with Crippen molar-refractivity contribution in [3.8, 4) is 11.3 Å². The monoisotopic (exact) mass is 376 g/mol. The average molecular weight is 377 g/mol. The fourth-order valence-corrected chi connectivity index (χ4v) is 3.25. The number of rotatable bonds is 3. The van der Waals surface area contributed by atoms with Gasteiger partial charge in [-0.3, -0.25) is 9.48 Å². The first-order chi connectivity index (χ1) is 13.0. The van der Waals surface area contributed by atoms with E-state index in [1.54, 1.807) is 17.8 Å². The highest BCUT2D eigenvalue weighted by atomic mass is 35.5. The fourth-order valence-electron chi connectivity index (χ4n) is 3.00. The van der Waals surface area contributed by atoms with Gasteiger partial charge in [0.2, 0.25) is 0 Å². The smallest absolute Gasteiger partial charge is 0.276 e. The van der Waals surface area contributed by atoms with Crippen LogP contribution in [0.4, 0.5) is 5.82 Å². The number of para-hydroxylation sites is 1. The van der Waals surface area contributed by atoms with Crippen molar-refractivity contribution in [2.24, 2.45) is 7.05 Å². The van der Waals surface area contributed by atoms with Crippen LogP contribution in [0.3, 0.4) is 0 Å². The number of anilines is 1. The number of carbonyl (C=O) groups is 1. The quantitative estimate of drug-likeness (QED) is 0.556. The number of nitrogens with one attached hydrogen (secondary N) is 1. The molecule has 6 heteroatoms. The molecule has 0 atom stereocenters. The number of carbonyl (C=O) groups excluding carboxylic acids is 1. The lowest BCUT2D eigenvalue weighted by molar-refractivity contribution is 0.102. The Morgan fingerprint density at radius 2 is 1.81 bits per heavy atom. The number of hydrogen-bond donors (Lipinski definition) is 1. The number of hydrogen-bond acceptors (Lipinski definition) is 3. The fraction of sp³-hybridized carbons (Fsp3) is 0.0952. The number of nitrogens with zero attached hydrogens (tertiary/aromatic N) is 3. The van der Waals surface area contributed by atoms with E-state index >= 15 is 0 Å². The predicted molar refractivity (Wildman–Crippen MR) is 108 cm³/mol. The van der Waals surface area contributed by atoms with Crippen molar-refractivity contribution in [1.29, 1.82) is 0 Å². The molecule has 2 aromatic carbocycles. The Morgan fingerprint density at radius 3 is 2.63 bits per heavy atom. The Morgan fingerprint density at radius 1 is 1.07 bits per heavy atom. The number of fused-ring (bicyclic) bond motifs is 1. The molecule has 134 valence electrons. The highest BCUT2D eigenvalue weighted by Crippen LogP contribution is 2.26. The second kappa shape index (κ2) is 6.85. The molecular formula is C21H17ClN4O. The Bertz CT molecular complexity index is 1170. The maximum absolute atomic E-state index is 12.7. The minimum Gasteiger partial charge on any atom is -0.305 e. The van der Waals surface area contributed by atoms with Crippen molar-refractivity contribution >= 4 is 34.2 Å². The van der Waals surface area contributed by atoms with E-state index in [-0.39, 0.29) is 11.6 Å². The summed E-state index contributed by atoms with van der Waals surface area (Å²) >= 11 is 6.28. The molecular weight excluding hydrogens is 360 g/mol. The standard InChI is InChI=1S/C21H17ClN4O/c1-13-7-3-5-9-15(13)18-12-19(26(2)25-18)24-21(27)20-16(22)11-14-8-4-6-10-17(14)23-20/h3-12H,1-2H3,(H,24,27). The molecule has 0 saturated heterocycles. The molecule has 4 rings (SSSR count). The zero-order valence-electron chi connectivity index (χ0n) is 14.9. The van der Waals surface area contributed by atoms with Crippen LogP contribution in [0.15, 0.2) is 60.7 Å². The van der Waals surface area contributed by atoms with E-state index in [1.807, 2.05) is 61.5 Å². The van der Waals surface area contributed by atoms with Gasteiger partial charge in [0.15, 0.2) is 0 Å². The Balaban J connectivity index is 1.66. The molecule has 4 aromatic rings. The Kier molecular flexibility index (Phi) is 4.38. The summed E-state index contributed by atoms with van der Waals surface area (Å²) in [5, 5.41) is 8.57. The maximum atomic E-state index is 12.7. The first-order valence-corrected chi connectivity index (χ1v) is 8.87. The minimum atomic E-state index is -0.370. The Labute approximate surface area is 161 Å². The normalized spacial score (nSPS) is 10.9. The van der Waals surface area contributed by atoms with Crippen LogP contribution in [0.5, 0.6) is 0 Å². The van der Waals surface area contributed by atoms with Gasteiger partial charge in [-0.05, 0) is 24.6 Å². The largest absolute Gasteiger partial charge is 0.305 e. The van der Waals surface area contributed by atoms with Crippen molar-refractivity contribution in [3.05, 3.63) is 76.9 Å². The van der Waals surface area contributed by atoms with Gasteiger partial charge in [0, 0.05) is 24.1 Å². The molecule has 5 nitrogen and oxygen atoms in total. The summed E-state index contributed by atoms with van der Waals surface area (Å²) in [5.41, 5.74) is 3.85. The minimum absolute atomic E-state index is 0.189. The maximum Gasteiger partial charge on any atom is 0.276 e. The molecule has 0 aliphatic carbocycles. The van der Waals surface area contributed by atoms with Crippen LogP contribution in [-0.2, 0) is 7.05 Å². The van der Waals surface area contributed by atoms with Crippen LogP contribution in [-0.4, -0.2) is 20.7 Å². The highest BCUT2D eigenvalue weighted by molar-refractivity contribution is 6.34. The third-order valence-electron chi connectivity index (χ3n) is 4.43. The van der Waals surface area contributed by atoms with Crippen LogP contribution in [0.2, 0.25) is 5.02 Å². The van der Waals surface area contributed by atoms with Crippen LogP contribution in [0.25, 0.3) is 22.2 Å². The molecule has 0 unspecified atom stereocenters. The molecule has 0 bridgehead atoms. The molecule has 27 heavy (non-hydrogen) atoms. The van der Waals surface area contributed by atoms with E-state index in [4.69, 9.17) is 11.6 Å². The second-order valence-corrected chi connectivity index (χ2v) is 6.73. The SMILES string of the molecule is Cc1ccccc1-c1cc(NC(=O)c2nc3ccccc3cc2Cl)n(C)n1. The van der Waals surface area contributed by atoms with Crippen molar-refractivity contribution < 1.29 is 4.79 Å². The summed E-state index contributed by atoms with van der Waals surface area (Å²) < 4.78 is 1.63. The number of aryl methyl sites for hydroxylation is 2. The molecule has 1 amide bonds. The molecule has 0 aliphatic heterocycles. The van der Waals surface area contributed by atoms with E-state index in [9.17, 15) is 4.79 Å². The average Bonchev–Trinajstić information content (AvgIpc) is 3.01. The Hall–Kier alpha value is -3.18. The molecule has 0 aliphatic rings. The molecule has 0 saturated carbocycles. The van der Waals surface area contributed by atoms with Gasteiger partial charge in [0.05, 0.1) is 16.2 Å². The zero-order chi connectivity index (χ0) is 19.0. The van der Waals surface area contributed by atoms with Crippen molar-refractivity contribution in [3.63, 3.8) is 0 Å². The van der Waals surface area contributed by atoms with E-state index in [0.29, 0.717) is 10.8 Å². The van der Waals surface area contributed by atoms with Crippen molar-refractivity contribution in [2.75, 3.05) is 5.32 Å². The number of pyridine rings is 1. The lowest BCUT2D eigenvalue weighted by Crippen LogP contribution is -2.16. The van der Waals surface area contributed by atoms with Crippen LogP contribution in [0, 0.1) is 6.92 Å². The number of benzene rings is 2. The number of amides is 1. The molecule has 0 spiro atoms. The van der Waals surface area contributed by atoms with Gasteiger partial charge in [0.1, 0.15) is 11.5 Å². The molecule has 2 aromatic heterocycles. The lowest BCUT2D eigenvalue weighted by Gasteiger charge is -2.07. The summed E-state index contributed by atoms with van der Waals surface area (Å²) in [6.07, 6.45) is 0. The highest BCUT2D eigenvalue weighted by Gasteiger charge is 2.17. The number of halogens is 1. The summed E-state index contributed by atoms with van der Waals surface area (Å²) in [5.74, 6) is 0.203.